The van der Waals surface area contributed by atoms with E-state index in [4.69, 9.17) is 0 Å². The average molecular weight is 593 g/mol. The van der Waals surface area contributed by atoms with Crippen molar-refractivity contribution >= 4 is 54.9 Å². The Labute approximate surface area is 268 Å². The van der Waals surface area contributed by atoms with Crippen LogP contribution in [0.25, 0.3) is 36.5 Å². The summed E-state index contributed by atoms with van der Waals surface area (Å²) >= 11 is 0. The van der Waals surface area contributed by atoms with Crippen LogP contribution in [0.4, 0.5) is 0 Å². The summed E-state index contributed by atoms with van der Waals surface area (Å²) in [5, 5.41) is 2.68. The third-order valence-corrected chi connectivity index (χ3v) is 12.0. The van der Waals surface area contributed by atoms with E-state index in [1.165, 1.54) is 43.8 Å². The molecule has 0 aliphatic heterocycles. The third-order valence-electron chi connectivity index (χ3n) is 7.99. The summed E-state index contributed by atoms with van der Waals surface area (Å²) in [6.45, 7) is 0. The first kappa shape index (κ1) is 29.6. The molecule has 0 heterocycles. The minimum absolute atomic E-state index is 1.19. The van der Waals surface area contributed by atoms with Gasteiger partial charge in [-0.05, 0) is 43.8 Å². The van der Waals surface area contributed by atoms with E-state index in [-0.39, 0.29) is 0 Å². The van der Waals surface area contributed by atoms with Crippen LogP contribution in [0.3, 0.4) is 0 Å². The van der Waals surface area contributed by atoms with Crippen LogP contribution in [0.5, 0.6) is 0 Å². The molecule has 0 unspecified atom stereocenters. The molecule has 0 amide bonds. The zero-order chi connectivity index (χ0) is 30.6. The second kappa shape index (κ2) is 14.8. The fraction of sp³-hybridized carbons (Fsp3) is 0. The average Bonchev–Trinajstić information content (AvgIpc) is 3.12. The number of rotatable bonds is 10. The fourth-order valence-electron chi connectivity index (χ4n) is 5.44. The standard InChI is InChI=1S/C44H36Si/c1-5-13-37(14-6-1)21-23-41-25-29-43(30-26-41)45(35-33-39-17-9-3-10-18-39,36-34-40-19-11-4-12-20-40)44-31-27-42(28-32-44)24-22-38-15-7-2-8-16-38/h1-36H. The van der Waals surface area contributed by atoms with Crippen molar-refractivity contribution in [2.75, 3.05) is 0 Å². The van der Waals surface area contributed by atoms with Crippen LogP contribution in [0.15, 0.2) is 181 Å². The van der Waals surface area contributed by atoms with Crippen LogP contribution in [-0.4, -0.2) is 8.07 Å². The Kier molecular flexibility index (Phi) is 9.72. The van der Waals surface area contributed by atoms with Gasteiger partial charge in [-0.15, -0.1) is 0 Å². The number of benzene rings is 6. The predicted octanol–water partition coefficient (Wildman–Crippen LogP) is 10.1. The van der Waals surface area contributed by atoms with E-state index in [1.54, 1.807) is 0 Å². The van der Waals surface area contributed by atoms with Gasteiger partial charge in [-0.1, -0.05) is 218 Å². The van der Waals surface area contributed by atoms with Crippen LogP contribution < -0.4 is 10.4 Å². The molecule has 6 rings (SSSR count). The Morgan fingerprint density at radius 1 is 0.244 bits per heavy atom. The Morgan fingerprint density at radius 2 is 0.489 bits per heavy atom. The molecule has 0 aliphatic carbocycles. The van der Waals surface area contributed by atoms with E-state index >= 15 is 0 Å². The first-order valence-electron chi connectivity index (χ1n) is 15.4. The molecule has 0 aromatic heterocycles. The SMILES string of the molecule is C(=Cc1ccc([Si](C=Cc2ccccc2)(C=Cc2ccccc2)c2ccc(C=Cc3ccccc3)cc2)cc1)c1ccccc1. The van der Waals surface area contributed by atoms with E-state index in [0.29, 0.717) is 0 Å². The molecular formula is C44H36Si. The Balaban J connectivity index is 1.43. The summed E-state index contributed by atoms with van der Waals surface area (Å²) in [5.41, 5.74) is 12.1. The summed E-state index contributed by atoms with van der Waals surface area (Å²) < 4.78 is 0. The zero-order valence-corrected chi connectivity index (χ0v) is 26.3. The van der Waals surface area contributed by atoms with Crippen LogP contribution in [0.1, 0.15) is 33.4 Å². The van der Waals surface area contributed by atoms with E-state index in [0.717, 1.165) is 0 Å². The first-order valence-corrected chi connectivity index (χ1v) is 17.6. The Bertz CT molecular complexity index is 1740. The van der Waals surface area contributed by atoms with Gasteiger partial charge in [0.15, 0.2) is 8.07 Å². The van der Waals surface area contributed by atoms with Gasteiger partial charge < -0.3 is 0 Å². The molecule has 0 saturated carbocycles. The van der Waals surface area contributed by atoms with Gasteiger partial charge in [0.25, 0.3) is 0 Å². The third kappa shape index (κ3) is 7.91. The van der Waals surface area contributed by atoms with E-state index < -0.39 is 8.07 Å². The van der Waals surface area contributed by atoms with Gasteiger partial charge in [0.05, 0.1) is 0 Å². The van der Waals surface area contributed by atoms with Gasteiger partial charge in [0.1, 0.15) is 0 Å². The lowest BCUT2D eigenvalue weighted by molar-refractivity contribution is 1.64. The topological polar surface area (TPSA) is 0 Å². The lowest BCUT2D eigenvalue weighted by Crippen LogP contribution is -2.55. The fourth-order valence-corrected chi connectivity index (χ4v) is 9.01. The summed E-state index contributed by atoms with van der Waals surface area (Å²) in [6, 6.07) is 60.4. The molecular weight excluding hydrogens is 557 g/mol. The lowest BCUT2D eigenvalue weighted by atomic mass is 10.1. The van der Waals surface area contributed by atoms with Gasteiger partial charge in [-0.3, -0.25) is 0 Å². The van der Waals surface area contributed by atoms with Crippen molar-refractivity contribution in [2.45, 2.75) is 0 Å². The molecule has 0 bridgehead atoms. The van der Waals surface area contributed by atoms with Crippen molar-refractivity contribution in [1.29, 1.82) is 0 Å². The largest absolute Gasteiger partial charge is 0.165 e. The maximum Gasteiger partial charge on any atom is 0.165 e. The van der Waals surface area contributed by atoms with E-state index in [2.05, 4.69) is 206 Å². The molecule has 45 heavy (non-hydrogen) atoms. The van der Waals surface area contributed by atoms with Crippen molar-refractivity contribution in [3.8, 4) is 0 Å². The normalized spacial score (nSPS) is 13.2. The highest BCUT2D eigenvalue weighted by atomic mass is 28.3. The molecule has 6 aromatic carbocycles. The van der Waals surface area contributed by atoms with Crippen LogP contribution in [0, 0.1) is 0 Å². The molecule has 0 aliphatic rings. The molecule has 1 heteroatoms. The van der Waals surface area contributed by atoms with Crippen LogP contribution in [-0.2, 0) is 0 Å². The van der Waals surface area contributed by atoms with Crippen molar-refractivity contribution in [2.24, 2.45) is 0 Å². The van der Waals surface area contributed by atoms with Gasteiger partial charge in [0.2, 0.25) is 0 Å². The van der Waals surface area contributed by atoms with Crippen molar-refractivity contribution in [3.05, 3.63) is 215 Å². The van der Waals surface area contributed by atoms with Gasteiger partial charge in [-0.25, -0.2) is 0 Å². The molecule has 0 fully saturated rings. The number of hydrogen-bond acceptors (Lipinski definition) is 0. The molecule has 0 saturated heterocycles. The van der Waals surface area contributed by atoms with Crippen LogP contribution in [0.2, 0.25) is 0 Å². The summed E-state index contributed by atoms with van der Waals surface area (Å²) in [5.74, 6) is 0. The quantitative estimate of drug-likeness (QED) is 0.110. The predicted molar refractivity (Wildman–Crippen MR) is 200 cm³/mol. The Hall–Kier alpha value is -5.50. The Morgan fingerprint density at radius 3 is 0.778 bits per heavy atom. The van der Waals surface area contributed by atoms with Crippen LogP contribution >= 0.6 is 0 Å². The second-order valence-electron chi connectivity index (χ2n) is 11.1. The molecule has 0 nitrogen and oxygen atoms in total. The van der Waals surface area contributed by atoms with Gasteiger partial charge in [0, 0.05) is 0 Å². The lowest BCUT2D eigenvalue weighted by Gasteiger charge is -2.27. The van der Waals surface area contributed by atoms with Gasteiger partial charge >= 0.3 is 0 Å². The zero-order valence-electron chi connectivity index (χ0n) is 25.3. The molecule has 6 aromatic rings. The van der Waals surface area contributed by atoms with Crippen molar-refractivity contribution < 1.29 is 0 Å². The molecule has 0 spiro atoms. The van der Waals surface area contributed by atoms with Crippen molar-refractivity contribution in [1.82, 2.24) is 0 Å². The summed E-state index contributed by atoms with van der Waals surface area (Å²) in [6.07, 6.45) is 13.3. The highest BCUT2D eigenvalue weighted by molar-refractivity contribution is 7.10. The number of hydrogen-bond donors (Lipinski definition) is 0. The molecule has 216 valence electrons. The maximum absolute atomic E-state index is 2.54. The van der Waals surface area contributed by atoms with E-state index in [1.807, 2.05) is 12.1 Å². The molecule has 0 N–H and O–H groups in total. The second-order valence-corrected chi connectivity index (χ2v) is 14.6. The minimum Gasteiger partial charge on any atom is -0.0816 e. The molecule has 0 atom stereocenters. The highest BCUT2D eigenvalue weighted by Gasteiger charge is 2.32. The maximum atomic E-state index is 2.48. The smallest absolute Gasteiger partial charge is 0.0816 e. The monoisotopic (exact) mass is 592 g/mol. The summed E-state index contributed by atoms with van der Waals surface area (Å²) in [7, 11) is -2.54. The molecule has 0 radical (unpaired) electrons. The first-order chi connectivity index (χ1) is 22.3. The summed E-state index contributed by atoms with van der Waals surface area (Å²) in [4.78, 5) is 0. The minimum atomic E-state index is -2.54. The van der Waals surface area contributed by atoms with Crippen molar-refractivity contribution in [3.63, 3.8) is 0 Å². The highest BCUT2D eigenvalue weighted by Crippen LogP contribution is 2.18. The van der Waals surface area contributed by atoms with Gasteiger partial charge in [-0.2, -0.15) is 0 Å². The van der Waals surface area contributed by atoms with E-state index in [9.17, 15) is 0 Å².